The quantitative estimate of drug-likeness (QED) is 0.830. The third-order valence-electron chi connectivity index (χ3n) is 4.64. The summed E-state index contributed by atoms with van der Waals surface area (Å²) in [6.07, 6.45) is 1.13. The first-order valence-electron chi connectivity index (χ1n) is 8.59. The number of benzene rings is 1. The molecule has 1 N–H and O–H groups in total. The van der Waals surface area contributed by atoms with Gasteiger partial charge in [0.2, 0.25) is 22.7 Å². The van der Waals surface area contributed by atoms with Crippen LogP contribution in [0.25, 0.3) is 0 Å². The van der Waals surface area contributed by atoms with Crippen LogP contribution in [0, 0.1) is 6.92 Å². The summed E-state index contributed by atoms with van der Waals surface area (Å²) >= 11 is 0. The highest BCUT2D eigenvalue weighted by Crippen LogP contribution is 2.34. The number of ether oxygens (including phenoxy) is 2. The van der Waals surface area contributed by atoms with Crippen molar-refractivity contribution < 1.29 is 22.7 Å². The van der Waals surface area contributed by atoms with Crippen molar-refractivity contribution in [2.24, 2.45) is 7.05 Å². The van der Waals surface area contributed by atoms with Crippen LogP contribution in [0.5, 0.6) is 11.5 Å². The van der Waals surface area contributed by atoms with Crippen LogP contribution in [0.2, 0.25) is 0 Å². The van der Waals surface area contributed by atoms with Crippen LogP contribution >= 0.6 is 0 Å². The number of carbonyl (C=O) groups excluding carboxylic acids is 1. The van der Waals surface area contributed by atoms with E-state index in [1.807, 2.05) is 13.0 Å². The number of amides is 1. The number of piperidine rings is 1. The maximum Gasteiger partial charge on any atom is 0.246 e. The van der Waals surface area contributed by atoms with E-state index < -0.39 is 16.1 Å². The number of carbonyl (C=O) groups is 1. The molecule has 2 aromatic rings. The molecular weight excluding hydrogens is 372 g/mol. The summed E-state index contributed by atoms with van der Waals surface area (Å²) in [5.41, 5.74) is 0.795. The molecule has 0 aliphatic carbocycles. The highest BCUT2D eigenvalue weighted by Gasteiger charge is 2.34. The van der Waals surface area contributed by atoms with Crippen LogP contribution < -0.4 is 19.1 Å². The van der Waals surface area contributed by atoms with Crippen LogP contribution in [0.4, 0.5) is 5.82 Å². The van der Waals surface area contributed by atoms with Crippen LogP contribution in [-0.2, 0) is 21.9 Å². The lowest BCUT2D eigenvalue weighted by molar-refractivity contribution is -0.121. The molecule has 1 amide bonds. The predicted octanol–water partition coefficient (Wildman–Crippen LogP) is 0.931. The molecule has 1 aromatic carbocycles. The molecule has 2 aliphatic rings. The first-order valence-corrected chi connectivity index (χ1v) is 10.1. The Balaban J connectivity index is 1.56. The van der Waals surface area contributed by atoms with Gasteiger partial charge in [-0.15, -0.1) is 0 Å². The molecule has 27 heavy (non-hydrogen) atoms. The Labute approximate surface area is 156 Å². The zero-order valence-electron chi connectivity index (χ0n) is 15.0. The van der Waals surface area contributed by atoms with Crippen LogP contribution in [-0.4, -0.2) is 43.5 Å². The lowest BCUT2D eigenvalue weighted by Gasteiger charge is -2.32. The number of anilines is 1. The molecule has 4 rings (SSSR count). The van der Waals surface area contributed by atoms with Crippen molar-refractivity contribution in [1.29, 1.82) is 0 Å². The minimum absolute atomic E-state index is 0.0352. The highest BCUT2D eigenvalue weighted by atomic mass is 32.2. The highest BCUT2D eigenvalue weighted by molar-refractivity contribution is 7.89. The van der Waals surface area contributed by atoms with E-state index in [0.717, 1.165) is 5.69 Å². The number of aromatic nitrogens is 2. The van der Waals surface area contributed by atoms with Crippen molar-refractivity contribution in [2.75, 3.05) is 18.2 Å². The Morgan fingerprint density at radius 1 is 1.22 bits per heavy atom. The second kappa shape index (κ2) is 6.54. The van der Waals surface area contributed by atoms with E-state index in [0.29, 0.717) is 36.7 Å². The molecule has 1 saturated heterocycles. The predicted molar refractivity (Wildman–Crippen MR) is 96.2 cm³/mol. The van der Waals surface area contributed by atoms with Crippen molar-refractivity contribution in [3.05, 3.63) is 30.0 Å². The zero-order valence-corrected chi connectivity index (χ0v) is 15.8. The third-order valence-corrected chi connectivity index (χ3v) is 6.11. The first-order chi connectivity index (χ1) is 12.8. The van der Waals surface area contributed by atoms with Gasteiger partial charge in [-0.05, 0) is 31.9 Å². The van der Waals surface area contributed by atoms with E-state index in [1.165, 1.54) is 12.1 Å². The van der Waals surface area contributed by atoms with Gasteiger partial charge in [0.1, 0.15) is 11.9 Å². The van der Waals surface area contributed by atoms with E-state index >= 15 is 0 Å². The van der Waals surface area contributed by atoms with Gasteiger partial charge in [0, 0.05) is 25.7 Å². The van der Waals surface area contributed by atoms with Gasteiger partial charge in [0.15, 0.2) is 11.5 Å². The van der Waals surface area contributed by atoms with Gasteiger partial charge in [-0.2, -0.15) is 9.82 Å². The molecule has 0 saturated carbocycles. The summed E-state index contributed by atoms with van der Waals surface area (Å²) in [4.78, 5) is 14.5. The van der Waals surface area contributed by atoms with Gasteiger partial charge in [0.05, 0.1) is 10.6 Å². The molecule has 1 aromatic heterocycles. The largest absolute Gasteiger partial charge is 0.454 e. The Hall–Kier alpha value is -2.59. The number of hydrogen-bond donors (Lipinski definition) is 1. The molecule has 1 unspecified atom stereocenters. The second-order valence-electron chi connectivity index (χ2n) is 6.59. The Morgan fingerprint density at radius 3 is 2.74 bits per heavy atom. The number of rotatable bonds is 4. The van der Waals surface area contributed by atoms with Crippen molar-refractivity contribution in [3.63, 3.8) is 0 Å². The number of aryl methyl sites for hydroxylation is 2. The zero-order chi connectivity index (χ0) is 19.2. The molecule has 10 heteroatoms. The molecule has 1 atom stereocenters. The Bertz CT molecular complexity index is 1000. The molecule has 0 bridgehead atoms. The fourth-order valence-corrected chi connectivity index (χ4v) is 4.60. The Kier molecular flexibility index (Phi) is 4.31. The molecule has 0 radical (unpaired) electrons. The van der Waals surface area contributed by atoms with Crippen molar-refractivity contribution in [1.82, 2.24) is 14.5 Å². The monoisotopic (exact) mass is 392 g/mol. The number of hydrogen-bond acceptors (Lipinski definition) is 6. The van der Waals surface area contributed by atoms with Crippen LogP contribution in [0.3, 0.4) is 0 Å². The van der Waals surface area contributed by atoms with Gasteiger partial charge in [0.25, 0.3) is 0 Å². The van der Waals surface area contributed by atoms with Gasteiger partial charge in [-0.1, -0.05) is 0 Å². The first kappa shape index (κ1) is 17.8. The summed E-state index contributed by atoms with van der Waals surface area (Å²) in [6, 6.07) is 5.37. The lowest BCUT2D eigenvalue weighted by atomic mass is 10.1. The lowest BCUT2D eigenvalue weighted by Crippen LogP contribution is -2.52. The van der Waals surface area contributed by atoms with E-state index in [9.17, 15) is 13.2 Å². The average molecular weight is 392 g/mol. The molecule has 9 nitrogen and oxygen atoms in total. The molecule has 144 valence electrons. The van der Waals surface area contributed by atoms with Crippen molar-refractivity contribution in [3.8, 4) is 11.5 Å². The van der Waals surface area contributed by atoms with Gasteiger partial charge in [-0.25, -0.2) is 8.42 Å². The summed E-state index contributed by atoms with van der Waals surface area (Å²) < 4.78 is 40.1. The van der Waals surface area contributed by atoms with Gasteiger partial charge in [-0.3, -0.25) is 14.4 Å². The second-order valence-corrected chi connectivity index (χ2v) is 8.30. The van der Waals surface area contributed by atoms with Crippen LogP contribution in [0.1, 0.15) is 18.5 Å². The fraction of sp³-hybridized carbons (Fsp3) is 0.412. The number of fused-ring (bicyclic) bond motifs is 1. The van der Waals surface area contributed by atoms with E-state index in [2.05, 4.69) is 9.82 Å². The molecule has 3 heterocycles. The molecule has 1 fully saturated rings. The minimum atomic E-state index is -3.88. The Morgan fingerprint density at radius 2 is 2.00 bits per heavy atom. The summed E-state index contributed by atoms with van der Waals surface area (Å²) in [6.45, 7) is 2.43. The maximum atomic E-state index is 12.9. The third kappa shape index (κ3) is 3.26. The van der Waals surface area contributed by atoms with Crippen molar-refractivity contribution in [2.45, 2.75) is 30.7 Å². The molecule has 2 aliphatic heterocycles. The smallest absolute Gasteiger partial charge is 0.246 e. The fourth-order valence-electron chi connectivity index (χ4n) is 3.36. The van der Waals surface area contributed by atoms with E-state index in [4.69, 9.17) is 9.47 Å². The number of sulfonamides is 1. The number of nitrogens with zero attached hydrogens (tertiary/aromatic N) is 3. The molecule has 0 spiro atoms. The summed E-state index contributed by atoms with van der Waals surface area (Å²) in [7, 11) is -2.12. The average Bonchev–Trinajstić information content (AvgIpc) is 3.21. The van der Waals surface area contributed by atoms with Crippen LogP contribution in [0.15, 0.2) is 29.2 Å². The van der Waals surface area contributed by atoms with Crippen molar-refractivity contribution >= 4 is 21.7 Å². The summed E-state index contributed by atoms with van der Waals surface area (Å²) in [5, 5.41) is 4.26. The maximum absolute atomic E-state index is 12.9. The number of nitrogens with one attached hydrogen (secondary N) is 1. The van der Waals surface area contributed by atoms with Gasteiger partial charge < -0.3 is 9.47 Å². The SMILES string of the molecule is Cc1cc(N2CCCC(NS(=O)(=O)c3ccc4c(c3)OCO4)C2=O)n(C)n1. The molecular formula is C17H20N4O5S. The van der Waals surface area contributed by atoms with E-state index in [1.54, 1.807) is 22.7 Å². The standard InChI is InChI=1S/C17H20N4O5S/c1-11-8-16(20(2)18-11)21-7-3-4-13(17(21)22)19-27(23,24)12-5-6-14-15(9-12)26-10-25-14/h5-6,8-9,13,19H,3-4,7,10H2,1-2H3. The van der Waals surface area contributed by atoms with E-state index in [-0.39, 0.29) is 17.6 Å². The summed E-state index contributed by atoms with van der Waals surface area (Å²) in [5.74, 6) is 1.25. The minimum Gasteiger partial charge on any atom is -0.454 e. The topological polar surface area (TPSA) is 103 Å². The normalized spacial score (nSPS) is 19.6. The van der Waals surface area contributed by atoms with Gasteiger partial charge >= 0.3 is 0 Å².